The van der Waals surface area contributed by atoms with E-state index in [1.807, 2.05) is 0 Å². The van der Waals surface area contributed by atoms with Gasteiger partial charge in [-0.2, -0.15) is 13.2 Å². The lowest BCUT2D eigenvalue weighted by Crippen LogP contribution is -2.14. The Morgan fingerprint density at radius 1 is 1.25 bits per heavy atom. The van der Waals surface area contributed by atoms with Crippen molar-refractivity contribution in [3.05, 3.63) is 35.9 Å². The van der Waals surface area contributed by atoms with Crippen molar-refractivity contribution in [2.75, 3.05) is 11.9 Å². The minimum atomic E-state index is -4.59. The zero-order chi connectivity index (χ0) is 14.8. The summed E-state index contributed by atoms with van der Waals surface area (Å²) in [6.07, 6.45) is -1.51. The second-order valence-corrected chi connectivity index (χ2v) is 4.18. The van der Waals surface area contributed by atoms with Gasteiger partial charge in [-0.1, -0.05) is 0 Å². The second kappa shape index (κ2) is 5.44. The van der Waals surface area contributed by atoms with Crippen LogP contribution >= 0.6 is 0 Å². The fraction of sp³-hybridized carbons (Fsp3) is 0.308. The summed E-state index contributed by atoms with van der Waals surface area (Å²) in [5, 5.41) is 2.78. The summed E-state index contributed by atoms with van der Waals surface area (Å²) in [7, 11) is 0. The molecule has 106 valence electrons. The highest BCUT2D eigenvalue weighted by molar-refractivity contribution is 5.65. The summed E-state index contributed by atoms with van der Waals surface area (Å²) < 4.78 is 38.5. The van der Waals surface area contributed by atoms with Crippen LogP contribution in [0.25, 0.3) is 11.3 Å². The Hall–Kier alpha value is -2.18. The van der Waals surface area contributed by atoms with Gasteiger partial charge in [0, 0.05) is 30.6 Å². The fourth-order valence-corrected chi connectivity index (χ4v) is 1.72. The largest absolute Gasteiger partial charge is 0.451 e. The van der Waals surface area contributed by atoms with Crippen molar-refractivity contribution >= 4 is 5.82 Å². The molecule has 0 bridgehead atoms. The van der Waals surface area contributed by atoms with Gasteiger partial charge in [-0.25, -0.2) is 9.97 Å². The first-order chi connectivity index (χ1) is 9.41. The predicted octanol–water partition coefficient (Wildman–Crippen LogP) is 3.30. The highest BCUT2D eigenvalue weighted by atomic mass is 19.4. The van der Waals surface area contributed by atoms with Gasteiger partial charge in [0.05, 0.1) is 5.69 Å². The number of aromatic nitrogens is 3. The quantitative estimate of drug-likeness (QED) is 0.938. The van der Waals surface area contributed by atoms with Gasteiger partial charge in [-0.05, 0) is 25.5 Å². The topological polar surface area (TPSA) is 50.7 Å². The van der Waals surface area contributed by atoms with E-state index >= 15 is 0 Å². The molecule has 2 aromatic rings. The number of hydrogen-bond donors (Lipinski definition) is 1. The van der Waals surface area contributed by atoms with Crippen LogP contribution in [0.1, 0.15) is 18.3 Å². The number of halogens is 3. The summed E-state index contributed by atoms with van der Waals surface area (Å²) >= 11 is 0. The van der Waals surface area contributed by atoms with Gasteiger partial charge in [0.1, 0.15) is 5.82 Å². The van der Waals surface area contributed by atoms with E-state index in [0.717, 1.165) is 5.56 Å². The molecule has 0 saturated carbocycles. The Balaban J connectivity index is 2.58. The number of nitrogens with zero attached hydrogens (tertiary/aromatic N) is 3. The van der Waals surface area contributed by atoms with Crippen molar-refractivity contribution in [3.8, 4) is 11.3 Å². The molecule has 0 aliphatic rings. The van der Waals surface area contributed by atoms with E-state index in [9.17, 15) is 13.2 Å². The van der Waals surface area contributed by atoms with Gasteiger partial charge >= 0.3 is 6.18 Å². The van der Waals surface area contributed by atoms with Crippen molar-refractivity contribution in [1.29, 1.82) is 0 Å². The molecule has 0 spiro atoms. The Morgan fingerprint density at radius 2 is 2.00 bits per heavy atom. The molecule has 2 aromatic heterocycles. The molecular formula is C13H13F3N4. The minimum Gasteiger partial charge on any atom is -0.370 e. The summed E-state index contributed by atoms with van der Waals surface area (Å²) in [4.78, 5) is 11.0. The molecule has 20 heavy (non-hydrogen) atoms. The molecule has 0 aromatic carbocycles. The van der Waals surface area contributed by atoms with Crippen LogP contribution in [0.5, 0.6) is 0 Å². The summed E-state index contributed by atoms with van der Waals surface area (Å²) in [6, 6.07) is 3.21. The van der Waals surface area contributed by atoms with Crippen molar-refractivity contribution in [2.24, 2.45) is 0 Å². The first-order valence-corrected chi connectivity index (χ1v) is 6.03. The molecule has 0 atom stereocenters. The minimum absolute atomic E-state index is 0.146. The second-order valence-electron chi connectivity index (χ2n) is 4.18. The molecule has 0 fully saturated rings. The van der Waals surface area contributed by atoms with Crippen molar-refractivity contribution in [3.63, 3.8) is 0 Å². The third-order valence-electron chi connectivity index (χ3n) is 2.65. The molecule has 0 aliphatic heterocycles. The van der Waals surface area contributed by atoms with Crippen LogP contribution in [0.3, 0.4) is 0 Å². The lowest BCUT2D eigenvalue weighted by molar-refractivity contribution is -0.144. The number of anilines is 1. The van der Waals surface area contributed by atoms with Crippen LogP contribution in [0.4, 0.5) is 19.0 Å². The van der Waals surface area contributed by atoms with E-state index in [1.54, 1.807) is 26.1 Å². The van der Waals surface area contributed by atoms with Crippen LogP contribution in [0.2, 0.25) is 0 Å². The van der Waals surface area contributed by atoms with Crippen molar-refractivity contribution in [1.82, 2.24) is 15.0 Å². The Bertz CT molecular complexity index is 611. The SMILES string of the molecule is CCNc1cc(-c2cnccc2C)nc(C(F)(F)F)n1. The van der Waals surface area contributed by atoms with Crippen molar-refractivity contribution < 1.29 is 13.2 Å². The Labute approximate surface area is 114 Å². The van der Waals surface area contributed by atoms with E-state index in [1.165, 1.54) is 12.3 Å². The summed E-state index contributed by atoms with van der Waals surface area (Å²) in [5.74, 6) is -1.01. The molecule has 0 amide bonds. The Kier molecular flexibility index (Phi) is 3.87. The molecule has 2 heterocycles. The average molecular weight is 282 g/mol. The number of alkyl halides is 3. The fourth-order valence-electron chi connectivity index (χ4n) is 1.72. The van der Waals surface area contributed by atoms with Gasteiger partial charge in [-0.15, -0.1) is 0 Å². The lowest BCUT2D eigenvalue weighted by atomic mass is 10.1. The standard InChI is InChI=1S/C13H13F3N4/c1-3-18-11-6-10(9-7-17-5-4-8(9)2)19-12(20-11)13(14,15)16/h4-7H,3H2,1-2H3,(H,18,19,20). The number of hydrogen-bond acceptors (Lipinski definition) is 4. The highest BCUT2D eigenvalue weighted by Crippen LogP contribution is 2.30. The van der Waals surface area contributed by atoms with Gasteiger partial charge in [-0.3, -0.25) is 4.98 Å². The van der Waals surface area contributed by atoms with Crippen LogP contribution in [0, 0.1) is 6.92 Å². The van der Waals surface area contributed by atoms with E-state index in [0.29, 0.717) is 12.1 Å². The average Bonchev–Trinajstić information content (AvgIpc) is 2.38. The van der Waals surface area contributed by atoms with Crippen LogP contribution in [-0.2, 0) is 6.18 Å². The molecular weight excluding hydrogens is 269 g/mol. The van der Waals surface area contributed by atoms with E-state index < -0.39 is 12.0 Å². The van der Waals surface area contributed by atoms with Crippen LogP contribution in [-0.4, -0.2) is 21.5 Å². The van der Waals surface area contributed by atoms with E-state index in [4.69, 9.17) is 0 Å². The van der Waals surface area contributed by atoms with E-state index in [-0.39, 0.29) is 11.5 Å². The normalized spacial score (nSPS) is 11.4. The molecule has 0 unspecified atom stereocenters. The maximum atomic E-state index is 12.8. The third kappa shape index (κ3) is 3.04. The third-order valence-corrected chi connectivity index (χ3v) is 2.65. The van der Waals surface area contributed by atoms with Crippen LogP contribution < -0.4 is 5.32 Å². The summed E-state index contributed by atoms with van der Waals surface area (Å²) in [6.45, 7) is 4.05. The van der Waals surface area contributed by atoms with Gasteiger partial charge in [0.25, 0.3) is 0 Å². The molecule has 4 nitrogen and oxygen atoms in total. The molecule has 1 N–H and O–H groups in total. The highest BCUT2D eigenvalue weighted by Gasteiger charge is 2.35. The van der Waals surface area contributed by atoms with Gasteiger partial charge < -0.3 is 5.32 Å². The summed E-state index contributed by atoms with van der Waals surface area (Å²) in [5.41, 5.74) is 1.56. The predicted molar refractivity (Wildman–Crippen MR) is 69.2 cm³/mol. The molecule has 0 saturated heterocycles. The maximum Gasteiger partial charge on any atom is 0.451 e. The number of nitrogens with one attached hydrogen (secondary N) is 1. The molecule has 0 aliphatic carbocycles. The molecule has 0 radical (unpaired) electrons. The zero-order valence-electron chi connectivity index (χ0n) is 11.0. The first-order valence-electron chi connectivity index (χ1n) is 6.03. The zero-order valence-corrected chi connectivity index (χ0v) is 11.0. The van der Waals surface area contributed by atoms with Crippen molar-refractivity contribution in [2.45, 2.75) is 20.0 Å². The first kappa shape index (κ1) is 14.2. The number of rotatable bonds is 3. The molecule has 7 heteroatoms. The Morgan fingerprint density at radius 3 is 2.60 bits per heavy atom. The van der Waals surface area contributed by atoms with E-state index in [2.05, 4.69) is 20.3 Å². The van der Waals surface area contributed by atoms with Crippen LogP contribution in [0.15, 0.2) is 24.5 Å². The smallest absolute Gasteiger partial charge is 0.370 e. The van der Waals surface area contributed by atoms with Gasteiger partial charge in [0.2, 0.25) is 5.82 Å². The lowest BCUT2D eigenvalue weighted by Gasteiger charge is -2.11. The maximum absolute atomic E-state index is 12.8. The monoisotopic (exact) mass is 282 g/mol. The molecule has 2 rings (SSSR count). The number of aryl methyl sites for hydroxylation is 1. The van der Waals surface area contributed by atoms with Gasteiger partial charge in [0.15, 0.2) is 0 Å². The number of pyridine rings is 1.